The summed E-state index contributed by atoms with van der Waals surface area (Å²) >= 11 is 0. The molecule has 0 aliphatic carbocycles. The lowest BCUT2D eigenvalue weighted by Gasteiger charge is -2.21. The van der Waals surface area contributed by atoms with Crippen molar-refractivity contribution in [3.8, 4) is 0 Å². The summed E-state index contributed by atoms with van der Waals surface area (Å²) in [5.41, 5.74) is 5.67. The molecule has 0 bridgehead atoms. The fraction of sp³-hybridized carbons (Fsp3) is 0.923. The summed E-state index contributed by atoms with van der Waals surface area (Å²) in [4.78, 5) is 14.0. The Kier molecular flexibility index (Phi) is 8.61. The zero-order valence-corrected chi connectivity index (χ0v) is 12.0. The standard InChI is InChI=1S/C13H26N2O.ClH/c1-3-12-5-4-9-15(10-8-12)13(16)7-6-11(2)14;/h11-12H,3-10,14H2,1-2H3;1H. The van der Waals surface area contributed by atoms with Gasteiger partial charge in [0.2, 0.25) is 5.91 Å². The third-order valence-corrected chi connectivity index (χ3v) is 3.59. The van der Waals surface area contributed by atoms with Gasteiger partial charge in [-0.15, -0.1) is 12.4 Å². The summed E-state index contributed by atoms with van der Waals surface area (Å²) in [5, 5.41) is 0. The van der Waals surface area contributed by atoms with Crippen LogP contribution in [0.25, 0.3) is 0 Å². The predicted octanol–water partition coefficient (Wildman–Crippen LogP) is 2.57. The first-order valence-corrected chi connectivity index (χ1v) is 6.66. The number of carbonyl (C=O) groups is 1. The fourth-order valence-corrected chi connectivity index (χ4v) is 2.33. The van der Waals surface area contributed by atoms with Crippen LogP contribution < -0.4 is 5.73 Å². The van der Waals surface area contributed by atoms with E-state index in [1.54, 1.807) is 0 Å². The van der Waals surface area contributed by atoms with E-state index in [1.165, 1.54) is 25.7 Å². The molecular weight excluding hydrogens is 236 g/mol. The van der Waals surface area contributed by atoms with E-state index in [-0.39, 0.29) is 18.4 Å². The highest BCUT2D eigenvalue weighted by atomic mass is 35.5. The highest BCUT2D eigenvalue weighted by molar-refractivity contribution is 5.85. The maximum atomic E-state index is 11.9. The number of carbonyl (C=O) groups excluding carboxylic acids is 1. The van der Waals surface area contributed by atoms with Crippen LogP contribution in [0.3, 0.4) is 0 Å². The summed E-state index contributed by atoms with van der Waals surface area (Å²) < 4.78 is 0. The number of rotatable bonds is 4. The van der Waals surface area contributed by atoms with E-state index in [2.05, 4.69) is 6.92 Å². The van der Waals surface area contributed by atoms with Gasteiger partial charge in [-0.25, -0.2) is 0 Å². The second-order valence-electron chi connectivity index (χ2n) is 5.10. The smallest absolute Gasteiger partial charge is 0.222 e. The second-order valence-corrected chi connectivity index (χ2v) is 5.10. The Morgan fingerprint density at radius 3 is 2.71 bits per heavy atom. The molecule has 1 rings (SSSR count). The van der Waals surface area contributed by atoms with Crippen molar-refractivity contribution in [3.63, 3.8) is 0 Å². The summed E-state index contributed by atoms with van der Waals surface area (Å²) in [6.45, 7) is 6.12. The summed E-state index contributed by atoms with van der Waals surface area (Å²) in [6, 6.07) is 0.138. The first-order chi connectivity index (χ1) is 7.63. The molecule has 0 spiro atoms. The third-order valence-electron chi connectivity index (χ3n) is 3.59. The van der Waals surface area contributed by atoms with Crippen molar-refractivity contribution in [2.24, 2.45) is 11.7 Å². The van der Waals surface area contributed by atoms with Crippen LogP contribution >= 0.6 is 12.4 Å². The van der Waals surface area contributed by atoms with Gasteiger partial charge in [0.05, 0.1) is 0 Å². The summed E-state index contributed by atoms with van der Waals surface area (Å²) in [5.74, 6) is 1.13. The van der Waals surface area contributed by atoms with Gasteiger partial charge < -0.3 is 10.6 Å². The number of halogens is 1. The molecule has 4 heteroatoms. The molecule has 1 amide bonds. The maximum absolute atomic E-state index is 11.9. The van der Waals surface area contributed by atoms with E-state index in [9.17, 15) is 4.79 Å². The molecule has 2 N–H and O–H groups in total. The van der Waals surface area contributed by atoms with Crippen molar-refractivity contribution >= 4 is 18.3 Å². The van der Waals surface area contributed by atoms with Crippen LogP contribution in [0.5, 0.6) is 0 Å². The Bertz CT molecular complexity index is 221. The Hall–Kier alpha value is -0.280. The van der Waals surface area contributed by atoms with E-state index >= 15 is 0 Å². The van der Waals surface area contributed by atoms with Gasteiger partial charge in [-0.3, -0.25) is 4.79 Å². The van der Waals surface area contributed by atoms with Crippen molar-refractivity contribution < 1.29 is 4.79 Å². The second kappa shape index (κ2) is 8.76. The topological polar surface area (TPSA) is 46.3 Å². The molecule has 1 heterocycles. The van der Waals surface area contributed by atoms with Crippen molar-refractivity contribution in [2.75, 3.05) is 13.1 Å². The van der Waals surface area contributed by atoms with Crippen LogP contribution in [0.1, 0.15) is 52.4 Å². The molecule has 1 aliphatic heterocycles. The van der Waals surface area contributed by atoms with Crippen molar-refractivity contribution in [3.05, 3.63) is 0 Å². The van der Waals surface area contributed by atoms with Crippen LogP contribution in [0.4, 0.5) is 0 Å². The van der Waals surface area contributed by atoms with Crippen molar-refractivity contribution in [1.82, 2.24) is 4.90 Å². The molecule has 2 atom stereocenters. The van der Waals surface area contributed by atoms with Gasteiger partial charge >= 0.3 is 0 Å². The van der Waals surface area contributed by atoms with E-state index in [0.717, 1.165) is 25.4 Å². The van der Waals surface area contributed by atoms with Crippen LogP contribution in [0.15, 0.2) is 0 Å². The lowest BCUT2D eigenvalue weighted by Crippen LogP contribution is -2.33. The monoisotopic (exact) mass is 262 g/mol. The Morgan fingerprint density at radius 1 is 1.41 bits per heavy atom. The largest absolute Gasteiger partial charge is 0.343 e. The van der Waals surface area contributed by atoms with Gasteiger partial charge in [-0.1, -0.05) is 13.3 Å². The van der Waals surface area contributed by atoms with Gasteiger partial charge in [0.1, 0.15) is 0 Å². The van der Waals surface area contributed by atoms with E-state index in [1.807, 2.05) is 11.8 Å². The van der Waals surface area contributed by atoms with E-state index in [0.29, 0.717) is 12.3 Å². The van der Waals surface area contributed by atoms with Gasteiger partial charge in [0.25, 0.3) is 0 Å². The SMILES string of the molecule is CCC1CCCN(C(=O)CCC(C)N)CC1.Cl. The molecule has 0 saturated carbocycles. The van der Waals surface area contributed by atoms with Gasteiger partial charge in [0, 0.05) is 25.6 Å². The number of likely N-dealkylation sites (tertiary alicyclic amines) is 1. The molecule has 1 aliphatic rings. The van der Waals surface area contributed by atoms with Crippen LogP contribution in [0.2, 0.25) is 0 Å². The average Bonchev–Trinajstić information content (AvgIpc) is 2.50. The van der Waals surface area contributed by atoms with E-state index in [4.69, 9.17) is 5.73 Å². The van der Waals surface area contributed by atoms with Crippen LogP contribution in [-0.4, -0.2) is 29.9 Å². The quantitative estimate of drug-likeness (QED) is 0.847. The Morgan fingerprint density at radius 2 is 2.12 bits per heavy atom. The molecule has 17 heavy (non-hydrogen) atoms. The Labute approximate surface area is 112 Å². The molecule has 1 fully saturated rings. The molecular formula is C13H27ClN2O. The first-order valence-electron chi connectivity index (χ1n) is 6.66. The molecule has 0 aromatic rings. The predicted molar refractivity (Wildman–Crippen MR) is 74.3 cm³/mol. The molecule has 102 valence electrons. The van der Waals surface area contributed by atoms with Crippen molar-refractivity contribution in [2.45, 2.75) is 58.4 Å². The van der Waals surface area contributed by atoms with Gasteiger partial charge in [-0.2, -0.15) is 0 Å². The average molecular weight is 263 g/mol. The number of nitrogens with two attached hydrogens (primary N) is 1. The zero-order valence-electron chi connectivity index (χ0n) is 11.2. The summed E-state index contributed by atoms with van der Waals surface area (Å²) in [6.07, 6.45) is 6.32. The normalized spacial score (nSPS) is 22.5. The number of hydrogen-bond acceptors (Lipinski definition) is 2. The number of hydrogen-bond donors (Lipinski definition) is 1. The number of nitrogens with zero attached hydrogens (tertiary/aromatic N) is 1. The highest BCUT2D eigenvalue weighted by Crippen LogP contribution is 2.20. The fourth-order valence-electron chi connectivity index (χ4n) is 2.33. The first kappa shape index (κ1) is 16.7. The minimum absolute atomic E-state index is 0. The minimum atomic E-state index is 0. The van der Waals surface area contributed by atoms with Crippen LogP contribution in [0, 0.1) is 5.92 Å². The third kappa shape index (κ3) is 6.27. The highest BCUT2D eigenvalue weighted by Gasteiger charge is 2.19. The van der Waals surface area contributed by atoms with E-state index < -0.39 is 0 Å². The maximum Gasteiger partial charge on any atom is 0.222 e. The molecule has 3 nitrogen and oxygen atoms in total. The van der Waals surface area contributed by atoms with Crippen molar-refractivity contribution in [1.29, 1.82) is 0 Å². The lowest BCUT2D eigenvalue weighted by atomic mass is 9.98. The molecule has 1 saturated heterocycles. The van der Waals surface area contributed by atoms with Gasteiger partial charge in [-0.05, 0) is 38.5 Å². The number of amides is 1. The molecule has 0 aromatic carbocycles. The van der Waals surface area contributed by atoms with Gasteiger partial charge in [0.15, 0.2) is 0 Å². The minimum Gasteiger partial charge on any atom is -0.343 e. The Balaban J connectivity index is 0.00000256. The lowest BCUT2D eigenvalue weighted by molar-refractivity contribution is -0.131. The summed E-state index contributed by atoms with van der Waals surface area (Å²) in [7, 11) is 0. The molecule has 0 aromatic heterocycles. The zero-order chi connectivity index (χ0) is 12.0. The molecule has 2 unspecified atom stereocenters. The molecule has 0 radical (unpaired) electrons. The van der Waals surface area contributed by atoms with Crippen LogP contribution in [-0.2, 0) is 4.79 Å².